The minimum Gasteiger partial charge on any atom is -0.380 e. The Morgan fingerprint density at radius 2 is 2.00 bits per heavy atom. The van der Waals surface area contributed by atoms with E-state index in [1.165, 1.54) is 0 Å². The van der Waals surface area contributed by atoms with Gasteiger partial charge in [-0.25, -0.2) is 0 Å². The van der Waals surface area contributed by atoms with E-state index in [2.05, 4.69) is 4.90 Å². The summed E-state index contributed by atoms with van der Waals surface area (Å²) < 4.78 is 11.0. The van der Waals surface area contributed by atoms with E-state index in [0.29, 0.717) is 18.6 Å². The molecule has 1 saturated heterocycles. The summed E-state index contributed by atoms with van der Waals surface area (Å²) in [6.45, 7) is 7.69. The van der Waals surface area contributed by atoms with Crippen LogP contribution in [0.3, 0.4) is 0 Å². The van der Waals surface area contributed by atoms with E-state index < -0.39 is 0 Å². The van der Waals surface area contributed by atoms with Crippen molar-refractivity contribution in [1.29, 1.82) is 0 Å². The van der Waals surface area contributed by atoms with Crippen molar-refractivity contribution in [3.8, 4) is 0 Å². The van der Waals surface area contributed by atoms with Crippen molar-refractivity contribution in [3.05, 3.63) is 0 Å². The van der Waals surface area contributed by atoms with E-state index in [0.717, 1.165) is 45.7 Å². The van der Waals surface area contributed by atoms with Gasteiger partial charge in [0.1, 0.15) is 0 Å². The Bertz CT molecular complexity index is 150. The summed E-state index contributed by atoms with van der Waals surface area (Å²) >= 11 is 5.58. The molecular weight excluding hydrogens is 214 g/mol. The number of ether oxygens (including phenoxy) is 2. The standard InChI is InChI=1S/C11H22ClNO2/c1-2-14-10-8-13-6-3-11(4-7-13)15-9-5-12/h11H,2-10H2,1H3. The van der Waals surface area contributed by atoms with Gasteiger partial charge in [-0.1, -0.05) is 0 Å². The molecule has 1 aliphatic rings. The first-order valence-corrected chi connectivity index (χ1v) is 6.38. The smallest absolute Gasteiger partial charge is 0.0605 e. The molecule has 0 radical (unpaired) electrons. The van der Waals surface area contributed by atoms with Crippen molar-refractivity contribution in [2.24, 2.45) is 0 Å². The number of hydrogen-bond donors (Lipinski definition) is 0. The third kappa shape index (κ3) is 5.71. The largest absolute Gasteiger partial charge is 0.380 e. The van der Waals surface area contributed by atoms with Crippen molar-refractivity contribution in [1.82, 2.24) is 4.90 Å². The first kappa shape index (κ1) is 13.2. The van der Waals surface area contributed by atoms with Crippen LogP contribution in [0.2, 0.25) is 0 Å². The summed E-state index contributed by atoms with van der Waals surface area (Å²) in [5, 5.41) is 0. The van der Waals surface area contributed by atoms with Gasteiger partial charge in [0.15, 0.2) is 0 Å². The van der Waals surface area contributed by atoms with Gasteiger partial charge in [0, 0.05) is 32.1 Å². The Labute approximate surface area is 97.7 Å². The SMILES string of the molecule is CCOCCN1CCC(OCCCl)CC1. The summed E-state index contributed by atoms with van der Waals surface area (Å²) in [6.07, 6.45) is 2.68. The molecule has 0 aromatic rings. The monoisotopic (exact) mass is 235 g/mol. The summed E-state index contributed by atoms with van der Waals surface area (Å²) in [5.41, 5.74) is 0. The quantitative estimate of drug-likeness (QED) is 0.496. The molecule has 0 spiro atoms. The number of piperidine rings is 1. The predicted molar refractivity (Wildman–Crippen MR) is 62.6 cm³/mol. The average Bonchev–Trinajstić information content (AvgIpc) is 2.28. The van der Waals surface area contributed by atoms with E-state index in [-0.39, 0.29) is 0 Å². The molecule has 0 saturated carbocycles. The molecule has 90 valence electrons. The summed E-state index contributed by atoms with van der Waals surface area (Å²) in [7, 11) is 0. The minimum absolute atomic E-state index is 0.423. The Morgan fingerprint density at radius 1 is 1.27 bits per heavy atom. The third-order valence-electron chi connectivity index (χ3n) is 2.72. The van der Waals surface area contributed by atoms with E-state index in [4.69, 9.17) is 21.1 Å². The lowest BCUT2D eigenvalue weighted by Gasteiger charge is -2.31. The fraction of sp³-hybridized carbons (Fsp3) is 1.00. The molecule has 1 heterocycles. The van der Waals surface area contributed by atoms with Gasteiger partial charge in [0.2, 0.25) is 0 Å². The first-order valence-electron chi connectivity index (χ1n) is 5.84. The second-order valence-electron chi connectivity index (χ2n) is 3.80. The Balaban J connectivity index is 2.02. The van der Waals surface area contributed by atoms with Crippen LogP contribution in [0, 0.1) is 0 Å². The average molecular weight is 236 g/mol. The molecule has 1 aliphatic heterocycles. The van der Waals surface area contributed by atoms with Crippen molar-refractivity contribution >= 4 is 11.6 Å². The molecule has 15 heavy (non-hydrogen) atoms. The topological polar surface area (TPSA) is 21.7 Å². The summed E-state index contributed by atoms with van der Waals surface area (Å²) in [5.74, 6) is 0.602. The molecule has 3 nitrogen and oxygen atoms in total. The molecule has 0 amide bonds. The van der Waals surface area contributed by atoms with Crippen LogP contribution in [0.5, 0.6) is 0 Å². The fourth-order valence-electron chi connectivity index (χ4n) is 1.85. The zero-order valence-corrected chi connectivity index (χ0v) is 10.3. The molecule has 1 fully saturated rings. The van der Waals surface area contributed by atoms with Crippen LogP contribution >= 0.6 is 11.6 Å². The Hall–Kier alpha value is 0.170. The lowest BCUT2D eigenvalue weighted by atomic mass is 10.1. The van der Waals surface area contributed by atoms with Crippen LogP contribution in [0.15, 0.2) is 0 Å². The van der Waals surface area contributed by atoms with Crippen molar-refractivity contribution in [2.45, 2.75) is 25.9 Å². The molecule has 0 unspecified atom stereocenters. The molecule has 0 N–H and O–H groups in total. The van der Waals surface area contributed by atoms with Gasteiger partial charge in [-0.2, -0.15) is 0 Å². The van der Waals surface area contributed by atoms with Crippen LogP contribution in [0.4, 0.5) is 0 Å². The van der Waals surface area contributed by atoms with Gasteiger partial charge in [-0.3, -0.25) is 0 Å². The van der Waals surface area contributed by atoms with Crippen LogP contribution < -0.4 is 0 Å². The minimum atomic E-state index is 0.423. The zero-order chi connectivity index (χ0) is 10.9. The first-order chi connectivity index (χ1) is 7.36. The highest BCUT2D eigenvalue weighted by Gasteiger charge is 2.18. The second-order valence-corrected chi connectivity index (χ2v) is 4.18. The molecule has 4 heteroatoms. The van der Waals surface area contributed by atoms with Crippen LogP contribution in [-0.2, 0) is 9.47 Å². The molecular formula is C11H22ClNO2. The molecule has 1 rings (SSSR count). The van der Waals surface area contributed by atoms with Gasteiger partial charge in [-0.05, 0) is 19.8 Å². The maximum Gasteiger partial charge on any atom is 0.0605 e. The van der Waals surface area contributed by atoms with Crippen LogP contribution in [0.25, 0.3) is 0 Å². The van der Waals surface area contributed by atoms with Crippen LogP contribution in [-0.4, -0.2) is 56.3 Å². The lowest BCUT2D eigenvalue weighted by molar-refractivity contribution is 0.00830. The number of nitrogens with zero attached hydrogens (tertiary/aromatic N) is 1. The van der Waals surface area contributed by atoms with Gasteiger partial charge in [-0.15, -0.1) is 11.6 Å². The third-order valence-corrected chi connectivity index (χ3v) is 2.88. The fourth-order valence-corrected chi connectivity index (χ4v) is 1.94. The molecule has 0 bridgehead atoms. The maximum atomic E-state index is 5.62. The summed E-state index contributed by atoms with van der Waals surface area (Å²) in [4.78, 5) is 2.44. The number of rotatable bonds is 7. The van der Waals surface area contributed by atoms with E-state index in [9.17, 15) is 0 Å². The van der Waals surface area contributed by atoms with Crippen molar-refractivity contribution < 1.29 is 9.47 Å². The number of halogens is 1. The number of likely N-dealkylation sites (tertiary alicyclic amines) is 1. The molecule has 0 aliphatic carbocycles. The highest BCUT2D eigenvalue weighted by molar-refractivity contribution is 6.17. The lowest BCUT2D eigenvalue weighted by Crippen LogP contribution is -2.39. The normalized spacial score (nSPS) is 19.6. The zero-order valence-electron chi connectivity index (χ0n) is 9.58. The van der Waals surface area contributed by atoms with Gasteiger partial charge >= 0.3 is 0 Å². The highest BCUT2D eigenvalue weighted by Crippen LogP contribution is 2.13. The number of hydrogen-bond acceptors (Lipinski definition) is 3. The number of alkyl halides is 1. The van der Waals surface area contributed by atoms with E-state index in [1.54, 1.807) is 0 Å². The van der Waals surface area contributed by atoms with E-state index >= 15 is 0 Å². The second kappa shape index (κ2) is 8.34. The molecule has 0 aromatic heterocycles. The van der Waals surface area contributed by atoms with Gasteiger partial charge in [0.25, 0.3) is 0 Å². The van der Waals surface area contributed by atoms with Crippen molar-refractivity contribution in [2.75, 3.05) is 45.3 Å². The Kier molecular flexibility index (Phi) is 7.36. The molecule has 0 aromatic carbocycles. The summed E-state index contributed by atoms with van der Waals surface area (Å²) in [6, 6.07) is 0. The van der Waals surface area contributed by atoms with E-state index in [1.807, 2.05) is 6.92 Å². The maximum absolute atomic E-state index is 5.62. The van der Waals surface area contributed by atoms with Crippen molar-refractivity contribution in [3.63, 3.8) is 0 Å². The Morgan fingerprint density at radius 3 is 2.60 bits per heavy atom. The van der Waals surface area contributed by atoms with Gasteiger partial charge in [0.05, 0.1) is 19.3 Å². The highest BCUT2D eigenvalue weighted by atomic mass is 35.5. The van der Waals surface area contributed by atoms with Crippen LogP contribution in [0.1, 0.15) is 19.8 Å². The molecule has 0 atom stereocenters. The van der Waals surface area contributed by atoms with Gasteiger partial charge < -0.3 is 14.4 Å². The predicted octanol–water partition coefficient (Wildman–Crippen LogP) is 1.74.